The lowest BCUT2D eigenvalue weighted by molar-refractivity contribution is 0.0634. The largest absolute Gasteiger partial charge is 0.465 e. The molecule has 0 saturated heterocycles. The monoisotopic (exact) mass is 173 g/mol. The third-order valence-corrected chi connectivity index (χ3v) is 2.48. The quantitative estimate of drug-likeness (QED) is 0.549. The fourth-order valence-corrected chi connectivity index (χ4v) is 1.60. The van der Waals surface area contributed by atoms with Gasteiger partial charge in [0.15, 0.2) is 0 Å². The Morgan fingerprint density at radius 2 is 2.17 bits per heavy atom. The molecule has 0 aromatic rings. The molecule has 0 heterocycles. The van der Waals surface area contributed by atoms with E-state index in [0.29, 0.717) is 12.3 Å². The maximum atomic E-state index is 10.3. The maximum absolute atomic E-state index is 10.3. The number of aliphatic hydroxyl groups excluding tert-OH is 1. The Kier molecular flexibility index (Phi) is 2.92. The van der Waals surface area contributed by atoms with E-state index in [0.717, 1.165) is 12.8 Å². The first kappa shape index (κ1) is 9.32. The van der Waals surface area contributed by atoms with Crippen molar-refractivity contribution in [3.63, 3.8) is 0 Å². The first-order valence-corrected chi connectivity index (χ1v) is 4.27. The molecule has 3 atom stereocenters. The van der Waals surface area contributed by atoms with Crippen LogP contribution in [0, 0.1) is 5.92 Å². The minimum atomic E-state index is -0.998. The molecule has 3 unspecified atom stereocenters. The smallest absolute Gasteiger partial charge is 0.404 e. The SMILES string of the molecule is CC1CCC(NC(=O)O)CC1O. The molecule has 12 heavy (non-hydrogen) atoms. The Morgan fingerprint density at radius 3 is 2.67 bits per heavy atom. The van der Waals surface area contributed by atoms with E-state index in [1.165, 1.54) is 0 Å². The summed E-state index contributed by atoms with van der Waals surface area (Å²) in [5.41, 5.74) is 0. The summed E-state index contributed by atoms with van der Waals surface area (Å²) in [6.45, 7) is 1.99. The molecule has 3 N–H and O–H groups in total. The second-order valence-corrected chi connectivity index (χ2v) is 3.50. The van der Waals surface area contributed by atoms with Crippen molar-refractivity contribution in [3.8, 4) is 0 Å². The number of aliphatic hydroxyl groups is 1. The molecular weight excluding hydrogens is 158 g/mol. The predicted octanol–water partition coefficient (Wildman–Crippen LogP) is 0.804. The van der Waals surface area contributed by atoms with Crippen LogP contribution in [0.1, 0.15) is 26.2 Å². The van der Waals surface area contributed by atoms with Crippen LogP contribution < -0.4 is 5.32 Å². The lowest BCUT2D eigenvalue weighted by Crippen LogP contribution is -2.41. The number of carbonyl (C=O) groups is 1. The Balaban J connectivity index is 2.35. The van der Waals surface area contributed by atoms with E-state index in [9.17, 15) is 9.90 Å². The highest BCUT2D eigenvalue weighted by atomic mass is 16.4. The van der Waals surface area contributed by atoms with Gasteiger partial charge in [-0.05, 0) is 25.2 Å². The predicted molar refractivity (Wildman–Crippen MR) is 44.0 cm³/mol. The van der Waals surface area contributed by atoms with Gasteiger partial charge in [0, 0.05) is 6.04 Å². The molecule has 1 fully saturated rings. The molecule has 0 aromatic heterocycles. The molecule has 70 valence electrons. The number of amides is 1. The second kappa shape index (κ2) is 3.76. The van der Waals surface area contributed by atoms with Crippen molar-refractivity contribution in [1.82, 2.24) is 5.32 Å². The van der Waals surface area contributed by atoms with Crippen molar-refractivity contribution in [2.24, 2.45) is 5.92 Å². The van der Waals surface area contributed by atoms with Crippen LogP contribution in [0.2, 0.25) is 0 Å². The zero-order valence-electron chi connectivity index (χ0n) is 7.16. The van der Waals surface area contributed by atoms with Crippen LogP contribution in [-0.4, -0.2) is 28.5 Å². The van der Waals surface area contributed by atoms with Gasteiger partial charge < -0.3 is 15.5 Å². The summed E-state index contributed by atoms with van der Waals surface area (Å²) in [5.74, 6) is 0.303. The summed E-state index contributed by atoms with van der Waals surface area (Å²) in [6.07, 6.45) is 0.932. The van der Waals surface area contributed by atoms with E-state index in [4.69, 9.17) is 5.11 Å². The zero-order chi connectivity index (χ0) is 9.14. The van der Waals surface area contributed by atoms with Crippen LogP contribution in [0.15, 0.2) is 0 Å². The van der Waals surface area contributed by atoms with Gasteiger partial charge in [-0.1, -0.05) is 6.92 Å². The highest BCUT2D eigenvalue weighted by molar-refractivity contribution is 5.64. The molecule has 0 aromatic carbocycles. The molecule has 4 nitrogen and oxygen atoms in total. The fraction of sp³-hybridized carbons (Fsp3) is 0.875. The summed E-state index contributed by atoms with van der Waals surface area (Å²) in [7, 11) is 0. The number of rotatable bonds is 1. The first-order valence-electron chi connectivity index (χ1n) is 4.27. The number of nitrogens with one attached hydrogen (secondary N) is 1. The van der Waals surface area contributed by atoms with Crippen LogP contribution >= 0.6 is 0 Å². The van der Waals surface area contributed by atoms with E-state index in [1.807, 2.05) is 6.92 Å². The van der Waals surface area contributed by atoms with Crippen LogP contribution in [-0.2, 0) is 0 Å². The van der Waals surface area contributed by atoms with Crippen molar-refractivity contribution in [2.45, 2.75) is 38.3 Å². The molecule has 1 aliphatic rings. The molecule has 1 rings (SSSR count). The maximum Gasteiger partial charge on any atom is 0.404 e. The summed E-state index contributed by atoms with van der Waals surface area (Å²) in [5, 5.41) is 20.2. The highest BCUT2D eigenvalue weighted by Gasteiger charge is 2.26. The number of carboxylic acid groups (broad SMARTS) is 1. The van der Waals surface area contributed by atoms with Crippen molar-refractivity contribution in [1.29, 1.82) is 0 Å². The lowest BCUT2D eigenvalue weighted by atomic mass is 9.85. The molecule has 4 heteroatoms. The normalized spacial score (nSPS) is 36.0. The van der Waals surface area contributed by atoms with Gasteiger partial charge in [-0.25, -0.2) is 4.79 Å². The summed E-state index contributed by atoms with van der Waals surface area (Å²) in [6, 6.07) is -0.0614. The van der Waals surface area contributed by atoms with E-state index in [1.54, 1.807) is 0 Å². The van der Waals surface area contributed by atoms with E-state index < -0.39 is 6.09 Å². The second-order valence-electron chi connectivity index (χ2n) is 3.50. The topological polar surface area (TPSA) is 69.6 Å². The zero-order valence-corrected chi connectivity index (χ0v) is 7.16. The lowest BCUT2D eigenvalue weighted by Gasteiger charge is -2.30. The van der Waals surface area contributed by atoms with Gasteiger partial charge in [0.1, 0.15) is 0 Å². The molecule has 0 bridgehead atoms. The van der Waals surface area contributed by atoms with Gasteiger partial charge in [-0.15, -0.1) is 0 Å². The van der Waals surface area contributed by atoms with Gasteiger partial charge in [0.05, 0.1) is 6.10 Å². The highest BCUT2D eigenvalue weighted by Crippen LogP contribution is 2.23. The third kappa shape index (κ3) is 2.37. The Bertz CT molecular complexity index is 172. The summed E-state index contributed by atoms with van der Waals surface area (Å²) >= 11 is 0. The van der Waals surface area contributed by atoms with E-state index >= 15 is 0 Å². The van der Waals surface area contributed by atoms with Crippen molar-refractivity contribution in [2.75, 3.05) is 0 Å². The average molecular weight is 173 g/mol. The molecule has 1 saturated carbocycles. The van der Waals surface area contributed by atoms with Crippen molar-refractivity contribution >= 4 is 6.09 Å². The molecule has 0 aliphatic heterocycles. The first-order chi connectivity index (χ1) is 5.59. The molecule has 0 spiro atoms. The van der Waals surface area contributed by atoms with Crippen molar-refractivity contribution in [3.05, 3.63) is 0 Å². The standard InChI is InChI=1S/C8H15NO3/c1-5-2-3-6(4-7(5)10)9-8(11)12/h5-7,9-10H,2-4H2,1H3,(H,11,12). The van der Waals surface area contributed by atoms with Gasteiger partial charge in [-0.3, -0.25) is 0 Å². The number of hydrogen-bond acceptors (Lipinski definition) is 2. The minimum Gasteiger partial charge on any atom is -0.465 e. The average Bonchev–Trinajstić information content (AvgIpc) is 1.96. The molecule has 1 amide bonds. The van der Waals surface area contributed by atoms with Gasteiger partial charge in [0.2, 0.25) is 0 Å². The molecule has 1 aliphatic carbocycles. The van der Waals surface area contributed by atoms with Crippen LogP contribution in [0.3, 0.4) is 0 Å². The summed E-state index contributed by atoms with van der Waals surface area (Å²) < 4.78 is 0. The third-order valence-electron chi connectivity index (χ3n) is 2.48. The van der Waals surface area contributed by atoms with Gasteiger partial charge >= 0.3 is 6.09 Å². The van der Waals surface area contributed by atoms with Crippen LogP contribution in [0.5, 0.6) is 0 Å². The summed E-state index contributed by atoms with van der Waals surface area (Å²) in [4.78, 5) is 10.3. The van der Waals surface area contributed by atoms with Gasteiger partial charge in [-0.2, -0.15) is 0 Å². The van der Waals surface area contributed by atoms with Crippen LogP contribution in [0.25, 0.3) is 0 Å². The van der Waals surface area contributed by atoms with E-state index in [2.05, 4.69) is 5.32 Å². The van der Waals surface area contributed by atoms with E-state index in [-0.39, 0.29) is 12.1 Å². The molecular formula is C8H15NO3. The van der Waals surface area contributed by atoms with Crippen molar-refractivity contribution < 1.29 is 15.0 Å². The minimum absolute atomic E-state index is 0.0614. The Hall–Kier alpha value is -0.770. The Labute approximate surface area is 71.6 Å². The Morgan fingerprint density at radius 1 is 1.50 bits per heavy atom. The molecule has 0 radical (unpaired) electrons. The fourth-order valence-electron chi connectivity index (χ4n) is 1.60. The van der Waals surface area contributed by atoms with Gasteiger partial charge in [0.25, 0.3) is 0 Å². The number of hydrogen-bond donors (Lipinski definition) is 3. The van der Waals surface area contributed by atoms with Crippen LogP contribution in [0.4, 0.5) is 4.79 Å².